The molecule has 0 bridgehead atoms. The molecule has 152 valence electrons. The molecule has 0 aliphatic rings. The maximum absolute atomic E-state index is 5.95. The number of anilines is 3. The van der Waals surface area contributed by atoms with Crippen molar-refractivity contribution in [3.8, 4) is 22.5 Å². The molecule has 0 saturated heterocycles. The van der Waals surface area contributed by atoms with Crippen LogP contribution < -0.4 is 16.8 Å². The monoisotopic (exact) mass is 409 g/mol. The first-order chi connectivity index (χ1) is 15.2. The topological polar surface area (TPSA) is 133 Å². The van der Waals surface area contributed by atoms with E-state index in [4.69, 9.17) is 16.5 Å². The molecule has 5 aromatic heterocycles. The Bertz CT molecular complexity index is 1360. The van der Waals surface area contributed by atoms with E-state index >= 15 is 0 Å². The number of fused-ring (bicyclic) bond motifs is 1. The largest absolute Gasteiger partial charge is 0.397 e. The summed E-state index contributed by atoms with van der Waals surface area (Å²) in [5.74, 6) is 1.16. The summed E-state index contributed by atoms with van der Waals surface area (Å²) in [6.07, 6.45) is 10.3. The lowest BCUT2D eigenvalue weighted by Crippen LogP contribution is -2.08. The fraction of sp³-hybridized carbons (Fsp3) is 0.0455. The fourth-order valence-electron chi connectivity index (χ4n) is 3.37. The van der Waals surface area contributed by atoms with Crippen LogP contribution in [0.3, 0.4) is 0 Å². The summed E-state index contributed by atoms with van der Waals surface area (Å²) in [7, 11) is 0. The second-order valence-electron chi connectivity index (χ2n) is 7.00. The second kappa shape index (κ2) is 7.71. The number of hydrogen-bond donors (Lipinski definition) is 3. The molecule has 0 amide bonds. The minimum absolute atomic E-state index is 0.502. The van der Waals surface area contributed by atoms with Gasteiger partial charge in [-0.3, -0.25) is 15.0 Å². The molecule has 5 heterocycles. The average molecular weight is 409 g/mol. The van der Waals surface area contributed by atoms with E-state index in [1.54, 1.807) is 41.6 Å². The number of nitrogens with two attached hydrogens (primary N) is 2. The van der Waals surface area contributed by atoms with Gasteiger partial charge in [-0.25, -0.2) is 9.50 Å². The van der Waals surface area contributed by atoms with E-state index < -0.39 is 0 Å². The number of pyridine rings is 3. The lowest BCUT2D eigenvalue weighted by molar-refractivity contribution is 0.906. The van der Waals surface area contributed by atoms with Crippen LogP contribution in [0.4, 0.5) is 17.2 Å². The van der Waals surface area contributed by atoms with Gasteiger partial charge in [0.05, 0.1) is 23.6 Å². The highest BCUT2D eigenvalue weighted by Crippen LogP contribution is 2.31. The van der Waals surface area contributed by atoms with Crippen LogP contribution in [-0.2, 0) is 6.54 Å². The molecule has 0 radical (unpaired) electrons. The normalized spacial score (nSPS) is 11.0. The van der Waals surface area contributed by atoms with Crippen LogP contribution in [0.15, 0.2) is 73.6 Å². The van der Waals surface area contributed by atoms with Gasteiger partial charge in [0.15, 0.2) is 11.6 Å². The number of hydrogen-bond acceptors (Lipinski definition) is 8. The summed E-state index contributed by atoms with van der Waals surface area (Å²) in [5.41, 5.74) is 17.2. The predicted octanol–water partition coefficient (Wildman–Crippen LogP) is 3.02. The summed E-state index contributed by atoms with van der Waals surface area (Å²) in [6.45, 7) is 0.502. The average Bonchev–Trinajstić information content (AvgIpc) is 3.22. The van der Waals surface area contributed by atoms with Crippen molar-refractivity contribution in [2.75, 3.05) is 16.8 Å². The van der Waals surface area contributed by atoms with E-state index in [2.05, 4.69) is 25.4 Å². The minimum Gasteiger partial charge on any atom is -0.397 e. The molecular formula is C22H19N9. The lowest BCUT2D eigenvalue weighted by Gasteiger charge is -2.11. The molecule has 0 aromatic carbocycles. The van der Waals surface area contributed by atoms with Gasteiger partial charge in [0.25, 0.3) is 0 Å². The zero-order valence-corrected chi connectivity index (χ0v) is 16.5. The van der Waals surface area contributed by atoms with Gasteiger partial charge in [-0.15, -0.1) is 5.10 Å². The maximum Gasteiger partial charge on any atom is 0.183 e. The van der Waals surface area contributed by atoms with Gasteiger partial charge >= 0.3 is 0 Å². The van der Waals surface area contributed by atoms with E-state index in [1.165, 1.54) is 0 Å². The molecule has 31 heavy (non-hydrogen) atoms. The molecule has 9 heteroatoms. The Morgan fingerprint density at radius 1 is 0.903 bits per heavy atom. The Balaban J connectivity index is 1.65. The maximum atomic E-state index is 5.95. The smallest absolute Gasteiger partial charge is 0.183 e. The Labute approximate surface area is 177 Å². The molecule has 5 aromatic rings. The molecule has 0 aliphatic heterocycles. The van der Waals surface area contributed by atoms with Crippen LogP contribution in [0.5, 0.6) is 0 Å². The predicted molar refractivity (Wildman–Crippen MR) is 120 cm³/mol. The minimum atomic E-state index is 0.502. The molecule has 5 N–H and O–H groups in total. The van der Waals surface area contributed by atoms with Crippen LogP contribution in [-0.4, -0.2) is 29.5 Å². The first-order valence-electron chi connectivity index (χ1n) is 9.62. The van der Waals surface area contributed by atoms with Crippen molar-refractivity contribution in [3.63, 3.8) is 0 Å². The summed E-state index contributed by atoms with van der Waals surface area (Å²) in [6, 6.07) is 11.4. The molecule has 0 fully saturated rings. The Morgan fingerprint density at radius 2 is 1.68 bits per heavy atom. The zero-order chi connectivity index (χ0) is 21.2. The zero-order valence-electron chi connectivity index (χ0n) is 16.5. The molecule has 0 spiro atoms. The summed E-state index contributed by atoms with van der Waals surface area (Å²) < 4.78 is 1.78. The first kappa shape index (κ1) is 18.5. The van der Waals surface area contributed by atoms with Crippen LogP contribution in [0.25, 0.3) is 28.0 Å². The molecule has 0 unspecified atom stereocenters. The van der Waals surface area contributed by atoms with E-state index in [0.29, 0.717) is 29.6 Å². The van der Waals surface area contributed by atoms with E-state index in [0.717, 1.165) is 27.9 Å². The first-order valence-corrected chi connectivity index (χ1v) is 9.62. The van der Waals surface area contributed by atoms with Crippen molar-refractivity contribution in [2.45, 2.75) is 6.54 Å². The van der Waals surface area contributed by atoms with Crippen LogP contribution in [0.2, 0.25) is 0 Å². The number of rotatable bonds is 5. The molecule has 0 aliphatic carbocycles. The number of nitrogen functional groups attached to an aromatic ring is 2. The van der Waals surface area contributed by atoms with Gasteiger partial charge in [0.2, 0.25) is 0 Å². The third-order valence-corrected chi connectivity index (χ3v) is 4.76. The van der Waals surface area contributed by atoms with Crippen LogP contribution in [0.1, 0.15) is 5.69 Å². The van der Waals surface area contributed by atoms with Gasteiger partial charge in [0.1, 0.15) is 5.52 Å². The highest BCUT2D eigenvalue weighted by atomic mass is 15.3. The Hall–Kier alpha value is -4.53. The van der Waals surface area contributed by atoms with Crippen molar-refractivity contribution in [3.05, 3.63) is 79.3 Å². The Kier molecular flexibility index (Phi) is 4.60. The molecule has 5 rings (SSSR count). The van der Waals surface area contributed by atoms with Crippen molar-refractivity contribution in [2.24, 2.45) is 0 Å². The van der Waals surface area contributed by atoms with E-state index in [1.807, 2.05) is 36.5 Å². The lowest BCUT2D eigenvalue weighted by atomic mass is 10.1. The molecule has 0 atom stereocenters. The fourth-order valence-corrected chi connectivity index (χ4v) is 3.37. The summed E-state index contributed by atoms with van der Waals surface area (Å²) >= 11 is 0. The van der Waals surface area contributed by atoms with Crippen molar-refractivity contribution in [1.29, 1.82) is 0 Å². The third kappa shape index (κ3) is 3.71. The third-order valence-electron chi connectivity index (χ3n) is 4.76. The number of aromatic nitrogens is 6. The summed E-state index contributed by atoms with van der Waals surface area (Å²) in [5, 5.41) is 8.08. The highest BCUT2D eigenvalue weighted by Gasteiger charge is 2.16. The van der Waals surface area contributed by atoms with Crippen LogP contribution >= 0.6 is 0 Å². The van der Waals surface area contributed by atoms with E-state index in [-0.39, 0.29) is 0 Å². The quantitative estimate of drug-likeness (QED) is 0.403. The van der Waals surface area contributed by atoms with Gasteiger partial charge in [-0.2, -0.15) is 0 Å². The second-order valence-corrected chi connectivity index (χ2v) is 7.00. The van der Waals surface area contributed by atoms with Crippen molar-refractivity contribution < 1.29 is 0 Å². The van der Waals surface area contributed by atoms with Gasteiger partial charge in [0, 0.05) is 53.9 Å². The molecular weight excluding hydrogens is 390 g/mol. The van der Waals surface area contributed by atoms with Gasteiger partial charge in [-0.05, 0) is 30.3 Å². The molecule has 0 saturated carbocycles. The van der Waals surface area contributed by atoms with E-state index in [9.17, 15) is 0 Å². The van der Waals surface area contributed by atoms with Crippen molar-refractivity contribution in [1.82, 2.24) is 29.5 Å². The Morgan fingerprint density at radius 3 is 2.42 bits per heavy atom. The van der Waals surface area contributed by atoms with Crippen LogP contribution in [0, 0.1) is 0 Å². The SMILES string of the molecule is Nc1cncc(-c2nc(NCc3ccccn3)c3c(-c4cncc(N)c4)ccn3n2)c1. The van der Waals surface area contributed by atoms with Gasteiger partial charge in [-0.1, -0.05) is 6.07 Å². The summed E-state index contributed by atoms with van der Waals surface area (Å²) in [4.78, 5) is 17.5. The standard InChI is InChI=1S/C22H19N9/c23-16-7-14(9-25-11-16)19-4-6-31-20(19)22(28-13-18-3-1-2-5-27-18)29-21(30-31)15-8-17(24)12-26-10-15/h1-12H,13,23-24H2,(H,28,29,30). The van der Waals surface area contributed by atoms with Crippen molar-refractivity contribution >= 4 is 22.7 Å². The van der Waals surface area contributed by atoms with Gasteiger partial charge < -0.3 is 16.8 Å². The number of nitrogens with one attached hydrogen (secondary N) is 1. The number of nitrogens with zero attached hydrogens (tertiary/aromatic N) is 6. The molecule has 9 nitrogen and oxygen atoms in total. The highest BCUT2D eigenvalue weighted by molar-refractivity contribution is 5.89.